The first kappa shape index (κ1) is 31.7. The minimum absolute atomic E-state index is 0.157. The fraction of sp³-hybridized carbons (Fsp3) is 0.303. The lowest BCUT2D eigenvalue weighted by Gasteiger charge is -2.18. The third kappa shape index (κ3) is 6.28. The van der Waals surface area contributed by atoms with Crippen LogP contribution >= 0.6 is 0 Å². The van der Waals surface area contributed by atoms with E-state index in [-0.39, 0.29) is 28.3 Å². The molecule has 10 nitrogen and oxygen atoms in total. The largest absolute Gasteiger partial charge is 0.496 e. The Morgan fingerprint density at radius 1 is 1.02 bits per heavy atom. The van der Waals surface area contributed by atoms with Crippen molar-refractivity contribution in [2.45, 2.75) is 64.3 Å². The van der Waals surface area contributed by atoms with Crippen LogP contribution in [-0.2, 0) is 23.0 Å². The number of unbranched alkanes of at least 4 members (excludes halogenated alkanes) is 1. The monoisotopic (exact) mass is 633 g/mol. The molecule has 5 rings (SSSR count). The van der Waals surface area contributed by atoms with Crippen LogP contribution in [0.5, 0.6) is 5.75 Å². The molecule has 2 aromatic heterocycles. The lowest BCUT2D eigenvalue weighted by molar-refractivity contribution is 0.410. The molecule has 0 bridgehead atoms. The zero-order chi connectivity index (χ0) is 32.5. The minimum atomic E-state index is -3.94. The first-order valence-electron chi connectivity index (χ1n) is 14.7. The molecular formula is C33H36FN5O5S. The molecule has 5 aromatic rings. The van der Waals surface area contributed by atoms with Crippen molar-refractivity contribution in [2.24, 2.45) is 0 Å². The Kier molecular flexibility index (Phi) is 8.96. The Morgan fingerprint density at radius 2 is 1.73 bits per heavy atom. The van der Waals surface area contributed by atoms with E-state index < -0.39 is 27.2 Å². The van der Waals surface area contributed by atoms with Gasteiger partial charge in [0.15, 0.2) is 5.65 Å². The Balaban J connectivity index is 1.55. The van der Waals surface area contributed by atoms with Crippen LogP contribution < -0.4 is 20.7 Å². The van der Waals surface area contributed by atoms with Crippen LogP contribution in [0.2, 0.25) is 0 Å². The Morgan fingerprint density at radius 3 is 2.40 bits per heavy atom. The van der Waals surface area contributed by atoms with Crippen LogP contribution in [-0.4, -0.2) is 35.0 Å². The SMILES string of the molecule is CCCCn1c(=O)[nH]c(=O)c2[nH]c(C(Cc3ccccc3F)c3ccc(NS(=O)(=O)c4c(C)cc(OC)c(C)c4C)cc3)nc21. The second kappa shape index (κ2) is 12.7. The normalized spacial score (nSPS) is 12.4. The fourth-order valence-electron chi connectivity index (χ4n) is 5.64. The number of hydrogen-bond donors (Lipinski definition) is 3. The van der Waals surface area contributed by atoms with Gasteiger partial charge in [0.1, 0.15) is 22.9 Å². The van der Waals surface area contributed by atoms with Gasteiger partial charge in [0.2, 0.25) is 0 Å². The van der Waals surface area contributed by atoms with Gasteiger partial charge in [-0.25, -0.2) is 22.6 Å². The Hall–Kier alpha value is -4.71. The van der Waals surface area contributed by atoms with Crippen molar-refractivity contribution < 1.29 is 17.5 Å². The summed E-state index contributed by atoms with van der Waals surface area (Å²) < 4.78 is 51.4. The van der Waals surface area contributed by atoms with Gasteiger partial charge in [-0.3, -0.25) is 19.1 Å². The van der Waals surface area contributed by atoms with E-state index in [9.17, 15) is 22.4 Å². The number of imidazole rings is 1. The van der Waals surface area contributed by atoms with Crippen molar-refractivity contribution >= 4 is 26.9 Å². The van der Waals surface area contributed by atoms with E-state index >= 15 is 0 Å². The summed E-state index contributed by atoms with van der Waals surface area (Å²) in [5.41, 5.74) is 2.62. The van der Waals surface area contributed by atoms with Gasteiger partial charge in [-0.2, -0.15) is 0 Å². The third-order valence-electron chi connectivity index (χ3n) is 8.13. The lowest BCUT2D eigenvalue weighted by atomic mass is 9.91. The molecule has 0 aliphatic rings. The van der Waals surface area contributed by atoms with Crippen molar-refractivity contribution in [1.82, 2.24) is 19.5 Å². The number of nitrogens with one attached hydrogen (secondary N) is 3. The molecule has 0 aliphatic heterocycles. The predicted octanol–water partition coefficient (Wildman–Crippen LogP) is 5.46. The second-order valence-corrected chi connectivity index (χ2v) is 12.8. The van der Waals surface area contributed by atoms with Gasteiger partial charge in [0.25, 0.3) is 15.6 Å². The number of aryl methyl sites for hydroxylation is 2. The molecule has 2 heterocycles. The summed E-state index contributed by atoms with van der Waals surface area (Å²) in [5, 5.41) is 0. The zero-order valence-corrected chi connectivity index (χ0v) is 26.6. The number of nitrogens with zero attached hydrogens (tertiary/aromatic N) is 2. The molecule has 0 saturated carbocycles. The predicted molar refractivity (Wildman–Crippen MR) is 172 cm³/mol. The molecule has 0 fully saturated rings. The molecular weight excluding hydrogens is 597 g/mol. The number of methoxy groups -OCH3 is 1. The van der Waals surface area contributed by atoms with Gasteiger partial charge in [0.05, 0.1) is 12.0 Å². The van der Waals surface area contributed by atoms with Crippen molar-refractivity contribution in [2.75, 3.05) is 11.8 Å². The summed E-state index contributed by atoms with van der Waals surface area (Å²) in [6.07, 6.45) is 1.75. The average Bonchev–Trinajstić information content (AvgIpc) is 3.44. The number of aromatic amines is 2. The van der Waals surface area contributed by atoms with Crippen molar-refractivity contribution in [1.29, 1.82) is 0 Å². The quantitative estimate of drug-likeness (QED) is 0.177. The number of halogens is 1. The maximum absolute atomic E-state index is 14.8. The number of aromatic nitrogens is 4. The number of hydrogen-bond acceptors (Lipinski definition) is 6. The highest BCUT2D eigenvalue weighted by Gasteiger charge is 2.25. The standard InChI is InChI=1S/C33H36FN5O5S/c1-6-7-16-39-31-28(32(40)37-33(39)41)35-30(36-31)25(18-23-10-8-9-11-26(23)34)22-12-14-24(15-13-22)38-45(42,43)29-19(2)17-27(44-5)20(3)21(29)4/h8-15,17,25,38H,6-7,16,18H2,1-5H3,(H,35,36)(H,37,40,41). The summed E-state index contributed by atoms with van der Waals surface area (Å²) in [4.78, 5) is 35.7. The van der Waals surface area contributed by atoms with Crippen LogP contribution in [0.25, 0.3) is 11.2 Å². The molecule has 3 N–H and O–H groups in total. The summed E-state index contributed by atoms with van der Waals surface area (Å²) in [6, 6.07) is 14.9. The second-order valence-electron chi connectivity index (χ2n) is 11.1. The number of rotatable bonds is 11. The van der Waals surface area contributed by atoms with E-state index in [1.807, 2.05) is 13.8 Å². The summed E-state index contributed by atoms with van der Waals surface area (Å²) >= 11 is 0. The van der Waals surface area contributed by atoms with Crippen LogP contribution in [0.1, 0.15) is 59.3 Å². The van der Waals surface area contributed by atoms with Crippen molar-refractivity contribution in [3.63, 3.8) is 0 Å². The molecule has 0 amide bonds. The molecule has 12 heteroatoms. The first-order valence-corrected chi connectivity index (χ1v) is 16.2. The molecule has 0 spiro atoms. The van der Waals surface area contributed by atoms with E-state index in [2.05, 4.69) is 14.7 Å². The maximum atomic E-state index is 14.8. The lowest BCUT2D eigenvalue weighted by Crippen LogP contribution is -2.30. The fourth-order valence-corrected chi connectivity index (χ4v) is 7.23. The maximum Gasteiger partial charge on any atom is 0.330 e. The van der Waals surface area contributed by atoms with E-state index in [0.717, 1.165) is 12.0 Å². The van der Waals surface area contributed by atoms with E-state index in [4.69, 9.17) is 9.72 Å². The molecule has 0 aliphatic carbocycles. The number of anilines is 1. The van der Waals surface area contributed by atoms with Gasteiger partial charge in [0, 0.05) is 18.2 Å². The molecule has 1 unspecified atom stereocenters. The van der Waals surface area contributed by atoms with Crippen molar-refractivity contribution in [3.05, 3.63) is 115 Å². The van der Waals surface area contributed by atoms with E-state index in [0.29, 0.717) is 52.5 Å². The van der Waals surface area contributed by atoms with E-state index in [1.165, 1.54) is 10.6 Å². The van der Waals surface area contributed by atoms with Gasteiger partial charge in [-0.15, -0.1) is 0 Å². The number of H-pyrrole nitrogens is 2. The number of sulfonamides is 1. The molecule has 0 radical (unpaired) electrons. The number of ether oxygens (including phenoxy) is 1. The molecule has 1 atom stereocenters. The highest BCUT2D eigenvalue weighted by molar-refractivity contribution is 7.92. The molecule has 0 saturated heterocycles. The summed E-state index contributed by atoms with van der Waals surface area (Å²) in [7, 11) is -2.40. The van der Waals surface area contributed by atoms with Crippen molar-refractivity contribution in [3.8, 4) is 5.75 Å². The Bertz CT molecular complexity index is 2100. The number of benzene rings is 3. The van der Waals surface area contributed by atoms with Gasteiger partial charge >= 0.3 is 5.69 Å². The topological polar surface area (TPSA) is 139 Å². The Labute approximate surface area is 260 Å². The van der Waals surface area contributed by atoms with Crippen LogP contribution in [0, 0.1) is 26.6 Å². The highest BCUT2D eigenvalue weighted by Crippen LogP contribution is 2.33. The first-order chi connectivity index (χ1) is 21.4. The highest BCUT2D eigenvalue weighted by atomic mass is 32.2. The molecule has 45 heavy (non-hydrogen) atoms. The van der Waals surface area contributed by atoms with Crippen LogP contribution in [0.15, 0.2) is 69.1 Å². The average molecular weight is 634 g/mol. The number of fused-ring (bicyclic) bond motifs is 1. The third-order valence-corrected chi connectivity index (χ3v) is 9.80. The molecule has 236 valence electrons. The zero-order valence-electron chi connectivity index (χ0n) is 25.8. The van der Waals surface area contributed by atoms with Gasteiger partial charge in [-0.05, 0) is 85.7 Å². The van der Waals surface area contributed by atoms with Crippen LogP contribution in [0.4, 0.5) is 10.1 Å². The summed E-state index contributed by atoms with van der Waals surface area (Å²) in [6.45, 7) is 7.66. The van der Waals surface area contributed by atoms with E-state index in [1.54, 1.807) is 69.5 Å². The molecule has 3 aromatic carbocycles. The van der Waals surface area contributed by atoms with Gasteiger partial charge < -0.3 is 9.72 Å². The van der Waals surface area contributed by atoms with Gasteiger partial charge in [-0.1, -0.05) is 43.7 Å². The smallest absolute Gasteiger partial charge is 0.330 e. The summed E-state index contributed by atoms with van der Waals surface area (Å²) in [5.74, 6) is 0.0519. The van der Waals surface area contributed by atoms with Crippen LogP contribution in [0.3, 0.4) is 0 Å². The minimum Gasteiger partial charge on any atom is -0.496 e.